The lowest BCUT2D eigenvalue weighted by molar-refractivity contribution is -0.155. The van der Waals surface area contributed by atoms with Crippen molar-refractivity contribution in [3.63, 3.8) is 0 Å². The number of anilines is 1. The number of hydrogen-bond acceptors (Lipinski definition) is 10. The Morgan fingerprint density at radius 3 is 2.13 bits per heavy atom. The number of aromatic nitrogens is 2. The monoisotopic (exact) mass is 683 g/mol. The Balaban J connectivity index is 2.23. The van der Waals surface area contributed by atoms with Crippen LogP contribution in [0.3, 0.4) is 0 Å². The molecule has 254 valence electrons. The van der Waals surface area contributed by atoms with Crippen LogP contribution >= 0.6 is 23.2 Å². The molecule has 0 aliphatic rings. The SMILES string of the molecule is CC(C)C(NC(=O)C(CCC(=O)OC(C)(C)C)NC(=O)OC(C)(C)C)C(=O)CCN(C(=O)C(Cl)Cl)c1ccnc(-c2ccno2)c1. The van der Waals surface area contributed by atoms with Gasteiger partial charge >= 0.3 is 12.1 Å². The van der Waals surface area contributed by atoms with Crippen molar-refractivity contribution in [3.05, 3.63) is 30.6 Å². The summed E-state index contributed by atoms with van der Waals surface area (Å²) in [6.07, 6.45) is 1.57. The van der Waals surface area contributed by atoms with Crippen molar-refractivity contribution in [2.45, 2.75) is 103 Å². The smallest absolute Gasteiger partial charge is 0.408 e. The number of amides is 3. The molecule has 3 amide bonds. The van der Waals surface area contributed by atoms with Gasteiger partial charge in [-0.25, -0.2) is 4.79 Å². The second kappa shape index (κ2) is 16.7. The molecule has 2 heterocycles. The molecule has 2 rings (SSSR count). The number of hydrogen-bond donors (Lipinski definition) is 2. The Labute approximate surface area is 279 Å². The minimum atomic E-state index is -1.41. The summed E-state index contributed by atoms with van der Waals surface area (Å²) >= 11 is 11.8. The molecule has 2 unspecified atom stereocenters. The maximum atomic E-state index is 13.5. The van der Waals surface area contributed by atoms with E-state index in [0.29, 0.717) is 17.1 Å². The van der Waals surface area contributed by atoms with Gasteiger partial charge in [-0.15, -0.1) is 0 Å². The Morgan fingerprint density at radius 2 is 1.59 bits per heavy atom. The third-order valence-electron chi connectivity index (χ3n) is 6.16. The van der Waals surface area contributed by atoms with E-state index in [2.05, 4.69) is 20.8 Å². The van der Waals surface area contributed by atoms with Gasteiger partial charge in [-0.1, -0.05) is 42.2 Å². The number of ether oxygens (including phenoxy) is 2. The summed E-state index contributed by atoms with van der Waals surface area (Å²) in [5, 5.41) is 8.87. The number of esters is 1. The first-order chi connectivity index (χ1) is 21.3. The molecule has 2 N–H and O–H groups in total. The minimum absolute atomic E-state index is 0.107. The van der Waals surface area contributed by atoms with Crippen molar-refractivity contribution in [2.75, 3.05) is 11.4 Å². The highest BCUT2D eigenvalue weighted by molar-refractivity contribution is 6.54. The first kappa shape index (κ1) is 38.5. The second-order valence-electron chi connectivity index (χ2n) is 12.8. The van der Waals surface area contributed by atoms with Gasteiger partial charge in [-0.2, -0.15) is 0 Å². The average Bonchev–Trinajstić information content (AvgIpc) is 3.47. The van der Waals surface area contributed by atoms with Crippen LogP contribution in [0.4, 0.5) is 10.5 Å². The third kappa shape index (κ3) is 13.0. The van der Waals surface area contributed by atoms with Crippen molar-refractivity contribution in [3.8, 4) is 11.5 Å². The first-order valence-electron chi connectivity index (χ1n) is 14.8. The van der Waals surface area contributed by atoms with Crippen LogP contribution in [-0.2, 0) is 28.7 Å². The van der Waals surface area contributed by atoms with E-state index in [4.69, 9.17) is 37.2 Å². The standard InChI is InChI=1S/C31H43Cl2N5O8/c1-18(2)25(37-27(41)20(36-29(43)45-31(6,7)8)9-10-24(40)44-30(3,4)5)22(39)13-16-38(28(42)26(32)33)19-11-14-34-21(17-19)23-12-15-35-46-23/h11-12,14-15,17-18,20,25-26H,9-10,13,16H2,1-8H3,(H,36,43)(H,37,41). The van der Waals surface area contributed by atoms with Gasteiger partial charge in [0, 0.05) is 37.3 Å². The summed E-state index contributed by atoms with van der Waals surface area (Å²) < 4.78 is 15.8. The molecular weight excluding hydrogens is 641 g/mol. The number of nitrogens with zero attached hydrogens (tertiary/aromatic N) is 3. The van der Waals surface area contributed by atoms with Crippen LogP contribution in [0, 0.1) is 5.92 Å². The van der Waals surface area contributed by atoms with E-state index in [-0.39, 0.29) is 31.7 Å². The van der Waals surface area contributed by atoms with Gasteiger partial charge in [0.25, 0.3) is 5.91 Å². The van der Waals surface area contributed by atoms with Crippen LogP contribution in [0.25, 0.3) is 11.5 Å². The molecule has 0 aliphatic heterocycles. The van der Waals surface area contributed by atoms with Gasteiger partial charge in [0.2, 0.25) is 5.91 Å². The van der Waals surface area contributed by atoms with Crippen molar-refractivity contribution in [1.82, 2.24) is 20.8 Å². The van der Waals surface area contributed by atoms with Crippen molar-refractivity contribution in [1.29, 1.82) is 0 Å². The Morgan fingerprint density at radius 1 is 0.935 bits per heavy atom. The van der Waals surface area contributed by atoms with Gasteiger partial charge in [0.15, 0.2) is 16.4 Å². The molecule has 0 radical (unpaired) electrons. The van der Waals surface area contributed by atoms with Gasteiger partial charge in [0.1, 0.15) is 22.9 Å². The Hall–Kier alpha value is -3.71. The largest absolute Gasteiger partial charge is 0.460 e. The highest BCUT2D eigenvalue weighted by Crippen LogP contribution is 2.25. The fraction of sp³-hybridized carbons (Fsp3) is 0.581. The summed E-state index contributed by atoms with van der Waals surface area (Å²) in [7, 11) is 0. The predicted molar refractivity (Wildman–Crippen MR) is 172 cm³/mol. The first-order valence-corrected chi connectivity index (χ1v) is 15.7. The summed E-state index contributed by atoms with van der Waals surface area (Å²) in [5.74, 6) is -2.32. The van der Waals surface area contributed by atoms with Crippen molar-refractivity contribution in [2.24, 2.45) is 5.92 Å². The number of alkyl carbamates (subject to hydrolysis) is 1. The molecule has 2 aromatic heterocycles. The number of halogens is 2. The topological polar surface area (TPSA) is 170 Å². The zero-order chi connectivity index (χ0) is 34.8. The molecule has 13 nitrogen and oxygen atoms in total. The maximum absolute atomic E-state index is 13.5. The van der Waals surface area contributed by atoms with Crippen LogP contribution in [0.1, 0.15) is 74.7 Å². The van der Waals surface area contributed by atoms with Gasteiger partial charge < -0.3 is 29.5 Å². The van der Waals surface area contributed by atoms with Crippen molar-refractivity contribution >= 4 is 58.5 Å². The Bertz CT molecular complexity index is 1350. The molecule has 0 aromatic carbocycles. The lowest BCUT2D eigenvalue weighted by Crippen LogP contribution is -2.54. The fourth-order valence-electron chi connectivity index (χ4n) is 4.18. The van der Waals surface area contributed by atoms with E-state index in [1.54, 1.807) is 73.6 Å². The number of rotatable bonds is 14. The molecule has 0 spiro atoms. The number of carbonyl (C=O) groups is 5. The molecule has 2 atom stereocenters. The van der Waals surface area contributed by atoms with E-state index in [0.717, 1.165) is 0 Å². The number of nitrogens with one attached hydrogen (secondary N) is 2. The minimum Gasteiger partial charge on any atom is -0.460 e. The molecule has 15 heteroatoms. The molecule has 0 aliphatic carbocycles. The molecule has 0 saturated heterocycles. The molecule has 46 heavy (non-hydrogen) atoms. The number of carbonyl (C=O) groups excluding carboxylic acids is 5. The molecule has 2 aromatic rings. The second-order valence-corrected chi connectivity index (χ2v) is 13.9. The maximum Gasteiger partial charge on any atom is 0.408 e. The molecule has 0 bridgehead atoms. The normalized spacial score (nSPS) is 13.1. The summed E-state index contributed by atoms with van der Waals surface area (Å²) in [4.78, 5) is 69.0. The third-order valence-corrected chi connectivity index (χ3v) is 6.53. The highest BCUT2D eigenvalue weighted by Gasteiger charge is 2.32. The summed E-state index contributed by atoms with van der Waals surface area (Å²) in [5.41, 5.74) is -0.828. The van der Waals surface area contributed by atoms with E-state index >= 15 is 0 Å². The molecular formula is C31H43Cl2N5O8. The Kier molecular flexibility index (Phi) is 14.0. The number of alkyl halides is 2. The van der Waals surface area contributed by atoms with Crippen LogP contribution in [0.2, 0.25) is 0 Å². The lowest BCUT2D eigenvalue weighted by Gasteiger charge is -2.28. The fourth-order valence-corrected chi connectivity index (χ4v) is 4.41. The van der Waals surface area contributed by atoms with E-state index < -0.39 is 57.8 Å². The van der Waals surface area contributed by atoms with Crippen LogP contribution in [-0.4, -0.2) is 74.5 Å². The van der Waals surface area contributed by atoms with Gasteiger partial charge in [-0.05, 0) is 66.0 Å². The zero-order valence-electron chi connectivity index (χ0n) is 27.4. The average molecular weight is 685 g/mol. The molecule has 0 fully saturated rings. The predicted octanol–water partition coefficient (Wildman–Crippen LogP) is 4.99. The van der Waals surface area contributed by atoms with Crippen molar-refractivity contribution < 1.29 is 38.0 Å². The lowest BCUT2D eigenvalue weighted by atomic mass is 9.96. The van der Waals surface area contributed by atoms with Gasteiger partial charge in [0.05, 0.1) is 12.2 Å². The highest BCUT2D eigenvalue weighted by atomic mass is 35.5. The quantitative estimate of drug-likeness (QED) is 0.204. The van der Waals surface area contributed by atoms with Gasteiger partial charge in [-0.3, -0.25) is 24.2 Å². The zero-order valence-corrected chi connectivity index (χ0v) is 28.9. The van der Waals surface area contributed by atoms with E-state index in [1.807, 2.05) is 0 Å². The summed E-state index contributed by atoms with van der Waals surface area (Å²) in [6.45, 7) is 13.5. The number of Topliss-reactive ketones (excluding diaryl/α,β-unsaturated/α-hetero) is 1. The summed E-state index contributed by atoms with van der Waals surface area (Å²) in [6, 6.07) is 2.51. The number of pyridine rings is 1. The number of ketones is 1. The van der Waals surface area contributed by atoms with Crippen LogP contribution in [0.15, 0.2) is 35.1 Å². The van der Waals surface area contributed by atoms with E-state index in [1.165, 1.54) is 17.3 Å². The van der Waals surface area contributed by atoms with Crippen LogP contribution < -0.4 is 15.5 Å². The molecule has 0 saturated carbocycles. The van der Waals surface area contributed by atoms with E-state index in [9.17, 15) is 24.0 Å². The van der Waals surface area contributed by atoms with Crippen LogP contribution in [0.5, 0.6) is 0 Å².